The number of benzene rings is 1. The first-order chi connectivity index (χ1) is 5.88. The van der Waals surface area contributed by atoms with Gasteiger partial charge in [-0.15, -0.1) is 0 Å². The summed E-state index contributed by atoms with van der Waals surface area (Å²) in [6, 6.07) is 4.69. The Bertz CT molecular complexity index is 286. The Morgan fingerprint density at radius 1 is 1.17 bits per heavy atom. The minimum atomic E-state index is -0.352. The highest BCUT2D eigenvalue weighted by molar-refractivity contribution is 5.41. The van der Waals surface area contributed by atoms with E-state index >= 15 is 0 Å². The molecule has 1 heterocycles. The number of hydrogen-bond acceptors (Lipinski definition) is 2. The Kier molecular flexibility index (Phi) is 1.86. The van der Waals surface area contributed by atoms with Gasteiger partial charge in [0.05, 0.1) is 13.2 Å². The van der Waals surface area contributed by atoms with Crippen LogP contribution in [0.5, 0.6) is 11.5 Å². The van der Waals surface area contributed by atoms with Crippen LogP contribution in [-0.4, -0.2) is 13.2 Å². The van der Waals surface area contributed by atoms with Crippen LogP contribution in [0.3, 0.4) is 0 Å². The molecule has 64 valence electrons. The third-order valence-electron chi connectivity index (χ3n) is 1.72. The zero-order valence-corrected chi connectivity index (χ0v) is 6.55. The summed E-state index contributed by atoms with van der Waals surface area (Å²) in [4.78, 5) is 0. The lowest BCUT2D eigenvalue weighted by Gasteiger charge is -2.06. The van der Waals surface area contributed by atoms with Crippen LogP contribution in [0.1, 0.15) is 6.42 Å². The molecule has 0 aromatic heterocycles. The molecule has 0 aliphatic carbocycles. The molecule has 0 bridgehead atoms. The first-order valence-electron chi connectivity index (χ1n) is 3.92. The fourth-order valence-corrected chi connectivity index (χ4v) is 1.16. The fourth-order valence-electron chi connectivity index (χ4n) is 1.16. The molecule has 0 fully saturated rings. The topological polar surface area (TPSA) is 18.5 Å². The van der Waals surface area contributed by atoms with Crippen molar-refractivity contribution >= 4 is 0 Å². The monoisotopic (exact) mass is 168 g/mol. The third-order valence-corrected chi connectivity index (χ3v) is 1.72. The summed E-state index contributed by atoms with van der Waals surface area (Å²) < 4.78 is 23.5. The lowest BCUT2D eigenvalue weighted by Crippen LogP contribution is -1.97. The summed E-state index contributed by atoms with van der Waals surface area (Å²) in [6.45, 7) is 1.12. The number of rotatable bonds is 0. The van der Waals surface area contributed by atoms with Gasteiger partial charge in [-0.3, -0.25) is 0 Å². The van der Waals surface area contributed by atoms with Crippen molar-refractivity contribution in [3.8, 4) is 11.5 Å². The Morgan fingerprint density at radius 3 is 2.92 bits per heavy atom. The van der Waals surface area contributed by atoms with Crippen LogP contribution in [0, 0.1) is 5.82 Å². The van der Waals surface area contributed by atoms with Gasteiger partial charge in [0, 0.05) is 6.42 Å². The summed E-state index contributed by atoms with van der Waals surface area (Å²) in [7, 11) is 0. The summed E-state index contributed by atoms with van der Waals surface area (Å²) in [5, 5.41) is 0. The molecule has 1 aromatic rings. The molecule has 0 spiro atoms. The molecule has 0 saturated carbocycles. The van der Waals surface area contributed by atoms with Crippen molar-refractivity contribution in [3.63, 3.8) is 0 Å². The van der Waals surface area contributed by atoms with Crippen molar-refractivity contribution in [2.24, 2.45) is 0 Å². The van der Waals surface area contributed by atoms with E-state index in [1.165, 1.54) is 6.07 Å². The third kappa shape index (κ3) is 1.22. The van der Waals surface area contributed by atoms with Gasteiger partial charge in [0.25, 0.3) is 0 Å². The van der Waals surface area contributed by atoms with E-state index in [9.17, 15) is 4.39 Å². The molecule has 0 N–H and O–H groups in total. The molecule has 12 heavy (non-hydrogen) atoms. The highest BCUT2D eigenvalue weighted by atomic mass is 19.1. The summed E-state index contributed by atoms with van der Waals surface area (Å²) in [5.74, 6) is 0.400. The standard InChI is InChI=1S/C9H9FO2/c10-7-3-1-4-8-9(7)12-6-2-5-11-8/h1,3-4H,2,5-6H2. The summed E-state index contributed by atoms with van der Waals surface area (Å²) >= 11 is 0. The zero-order valence-electron chi connectivity index (χ0n) is 6.55. The van der Waals surface area contributed by atoms with Crippen molar-refractivity contribution in [3.05, 3.63) is 24.0 Å². The summed E-state index contributed by atoms with van der Waals surface area (Å²) in [6.07, 6.45) is 0.800. The van der Waals surface area contributed by atoms with E-state index < -0.39 is 0 Å². The molecule has 0 saturated heterocycles. The van der Waals surface area contributed by atoms with Crippen LogP contribution in [0.25, 0.3) is 0 Å². The van der Waals surface area contributed by atoms with Crippen LogP contribution >= 0.6 is 0 Å². The molecular formula is C9H9FO2. The van der Waals surface area contributed by atoms with E-state index in [1.807, 2.05) is 0 Å². The van der Waals surface area contributed by atoms with Crippen molar-refractivity contribution in [2.75, 3.05) is 13.2 Å². The lowest BCUT2D eigenvalue weighted by molar-refractivity contribution is 0.292. The number of fused-ring (bicyclic) bond motifs is 1. The van der Waals surface area contributed by atoms with Gasteiger partial charge in [-0.1, -0.05) is 6.07 Å². The van der Waals surface area contributed by atoms with Gasteiger partial charge >= 0.3 is 0 Å². The first kappa shape index (κ1) is 7.40. The smallest absolute Gasteiger partial charge is 0.197 e. The van der Waals surface area contributed by atoms with Crippen molar-refractivity contribution in [1.29, 1.82) is 0 Å². The van der Waals surface area contributed by atoms with Crippen LogP contribution in [0.2, 0.25) is 0 Å². The predicted octanol–water partition coefficient (Wildman–Crippen LogP) is 1.99. The largest absolute Gasteiger partial charge is 0.489 e. The molecule has 0 unspecified atom stereocenters. The minimum absolute atomic E-state index is 0.245. The molecule has 2 rings (SSSR count). The minimum Gasteiger partial charge on any atom is -0.489 e. The maximum absolute atomic E-state index is 13.0. The van der Waals surface area contributed by atoms with E-state index in [-0.39, 0.29) is 11.6 Å². The molecular weight excluding hydrogens is 159 g/mol. The number of para-hydroxylation sites is 1. The van der Waals surface area contributed by atoms with Gasteiger partial charge in [0.15, 0.2) is 17.3 Å². The molecule has 3 heteroatoms. The normalized spacial score (nSPS) is 15.4. The van der Waals surface area contributed by atoms with Crippen molar-refractivity contribution < 1.29 is 13.9 Å². The highest BCUT2D eigenvalue weighted by Crippen LogP contribution is 2.31. The Hall–Kier alpha value is -1.25. The van der Waals surface area contributed by atoms with Crippen LogP contribution in [0.4, 0.5) is 4.39 Å². The summed E-state index contributed by atoms with van der Waals surface area (Å²) in [5.41, 5.74) is 0. The maximum atomic E-state index is 13.0. The van der Waals surface area contributed by atoms with E-state index in [4.69, 9.17) is 9.47 Å². The van der Waals surface area contributed by atoms with Gasteiger partial charge in [0.1, 0.15) is 0 Å². The molecule has 1 aliphatic rings. The SMILES string of the molecule is Fc1cccc2c1OCCCO2. The Balaban J connectivity index is 2.42. The molecule has 0 atom stereocenters. The lowest BCUT2D eigenvalue weighted by atomic mass is 10.3. The molecule has 1 aliphatic heterocycles. The number of halogens is 1. The number of ether oxygens (including phenoxy) is 2. The maximum Gasteiger partial charge on any atom is 0.197 e. The Morgan fingerprint density at radius 2 is 2.00 bits per heavy atom. The van der Waals surface area contributed by atoms with Gasteiger partial charge < -0.3 is 9.47 Å². The van der Waals surface area contributed by atoms with Crippen molar-refractivity contribution in [1.82, 2.24) is 0 Å². The molecule has 0 radical (unpaired) electrons. The van der Waals surface area contributed by atoms with Gasteiger partial charge in [0.2, 0.25) is 0 Å². The second-order valence-electron chi connectivity index (χ2n) is 2.62. The van der Waals surface area contributed by atoms with E-state index in [0.29, 0.717) is 19.0 Å². The number of hydrogen-bond donors (Lipinski definition) is 0. The zero-order chi connectivity index (χ0) is 8.39. The van der Waals surface area contributed by atoms with Crippen LogP contribution in [-0.2, 0) is 0 Å². The van der Waals surface area contributed by atoms with Crippen molar-refractivity contribution in [2.45, 2.75) is 6.42 Å². The second-order valence-corrected chi connectivity index (χ2v) is 2.62. The van der Waals surface area contributed by atoms with Gasteiger partial charge in [-0.05, 0) is 12.1 Å². The predicted molar refractivity (Wildman–Crippen MR) is 42.0 cm³/mol. The average molecular weight is 168 g/mol. The van der Waals surface area contributed by atoms with Gasteiger partial charge in [-0.25, -0.2) is 4.39 Å². The quantitative estimate of drug-likeness (QED) is 0.589. The van der Waals surface area contributed by atoms with E-state index in [1.54, 1.807) is 12.1 Å². The fraction of sp³-hybridized carbons (Fsp3) is 0.333. The van der Waals surface area contributed by atoms with Gasteiger partial charge in [-0.2, -0.15) is 0 Å². The second kappa shape index (κ2) is 3.01. The van der Waals surface area contributed by atoms with Crippen LogP contribution < -0.4 is 9.47 Å². The molecule has 2 nitrogen and oxygen atoms in total. The van der Waals surface area contributed by atoms with E-state index in [2.05, 4.69) is 0 Å². The Labute approximate surface area is 69.9 Å². The van der Waals surface area contributed by atoms with E-state index in [0.717, 1.165) is 6.42 Å². The highest BCUT2D eigenvalue weighted by Gasteiger charge is 2.13. The molecule has 1 aromatic carbocycles. The molecule has 0 amide bonds. The van der Waals surface area contributed by atoms with Crippen LogP contribution in [0.15, 0.2) is 18.2 Å². The average Bonchev–Trinajstić information content (AvgIpc) is 2.30. The first-order valence-corrected chi connectivity index (χ1v) is 3.92.